The lowest BCUT2D eigenvalue weighted by molar-refractivity contribution is -0.385. The Bertz CT molecular complexity index is 657. The number of ether oxygens (including phenoxy) is 1. The number of aromatic nitrogens is 3. The van der Waals surface area contributed by atoms with Gasteiger partial charge in [0.1, 0.15) is 5.82 Å². The average molecular weight is 355 g/mol. The van der Waals surface area contributed by atoms with Crippen LogP contribution in [0.4, 0.5) is 5.69 Å². The molecule has 0 N–H and O–H groups in total. The van der Waals surface area contributed by atoms with Gasteiger partial charge in [0.15, 0.2) is 5.82 Å². The predicted molar refractivity (Wildman–Crippen MR) is 81.6 cm³/mol. The van der Waals surface area contributed by atoms with E-state index < -0.39 is 4.92 Å². The second-order valence-electron chi connectivity index (χ2n) is 4.34. The largest absolute Gasteiger partial charge is 0.490 e. The molecule has 2 rings (SSSR count). The highest BCUT2D eigenvalue weighted by Crippen LogP contribution is 2.37. The molecule has 0 saturated heterocycles. The minimum atomic E-state index is -0.464. The molecule has 0 aliphatic heterocycles. The number of hydrogen-bond donors (Lipinski definition) is 0. The molecule has 112 valence electrons. The number of nitrogens with zero attached hydrogens (tertiary/aromatic N) is 4. The van der Waals surface area contributed by atoms with Crippen molar-refractivity contribution in [2.24, 2.45) is 0 Å². The monoisotopic (exact) mass is 354 g/mol. The lowest BCUT2D eigenvalue weighted by Crippen LogP contribution is -2.05. The van der Waals surface area contributed by atoms with Crippen LogP contribution in [0.1, 0.15) is 19.2 Å². The number of hydrogen-bond acceptors (Lipinski definition) is 5. The number of para-hydroxylation sites is 1. The molecule has 1 aromatic carbocycles. The molecule has 0 atom stereocenters. The first-order valence-corrected chi connectivity index (χ1v) is 7.56. The van der Waals surface area contributed by atoms with Crippen LogP contribution in [-0.4, -0.2) is 26.8 Å². The lowest BCUT2D eigenvalue weighted by Gasteiger charge is -2.11. The number of methoxy groups -OCH3 is 1. The fraction of sp³-hybridized carbons (Fsp3) is 0.385. The first kappa shape index (κ1) is 15.4. The third-order valence-electron chi connectivity index (χ3n) is 3.03. The molecule has 0 spiro atoms. The van der Waals surface area contributed by atoms with E-state index in [9.17, 15) is 10.1 Å². The summed E-state index contributed by atoms with van der Waals surface area (Å²) in [7, 11) is 1.41. The van der Waals surface area contributed by atoms with Crippen molar-refractivity contribution in [3.05, 3.63) is 34.1 Å². The topological polar surface area (TPSA) is 83.1 Å². The van der Waals surface area contributed by atoms with E-state index in [0.29, 0.717) is 16.7 Å². The Morgan fingerprint density at radius 3 is 2.76 bits per heavy atom. The van der Waals surface area contributed by atoms with Crippen LogP contribution < -0.4 is 4.74 Å². The van der Waals surface area contributed by atoms with Crippen LogP contribution >= 0.6 is 15.9 Å². The van der Waals surface area contributed by atoms with Crippen molar-refractivity contribution in [2.45, 2.75) is 25.2 Å². The number of nitro groups is 1. The van der Waals surface area contributed by atoms with Gasteiger partial charge in [-0.1, -0.05) is 28.9 Å². The van der Waals surface area contributed by atoms with Crippen LogP contribution in [-0.2, 0) is 11.9 Å². The van der Waals surface area contributed by atoms with E-state index in [1.54, 1.807) is 12.1 Å². The van der Waals surface area contributed by atoms with Crippen molar-refractivity contribution in [3.63, 3.8) is 0 Å². The second-order valence-corrected chi connectivity index (χ2v) is 4.90. The fourth-order valence-electron chi connectivity index (χ4n) is 2.15. The van der Waals surface area contributed by atoms with Crippen LogP contribution in [0.3, 0.4) is 0 Å². The van der Waals surface area contributed by atoms with Crippen LogP contribution in [0.2, 0.25) is 0 Å². The minimum Gasteiger partial charge on any atom is -0.490 e. The van der Waals surface area contributed by atoms with Gasteiger partial charge in [0, 0.05) is 12.6 Å². The number of halogens is 1. The molecule has 0 unspecified atom stereocenters. The molecule has 7 nitrogen and oxygen atoms in total. The summed E-state index contributed by atoms with van der Waals surface area (Å²) in [4.78, 5) is 10.6. The molecule has 21 heavy (non-hydrogen) atoms. The van der Waals surface area contributed by atoms with Crippen molar-refractivity contribution < 1.29 is 9.66 Å². The van der Waals surface area contributed by atoms with E-state index in [4.69, 9.17) is 4.74 Å². The Morgan fingerprint density at radius 2 is 2.19 bits per heavy atom. The van der Waals surface area contributed by atoms with Gasteiger partial charge >= 0.3 is 5.69 Å². The van der Waals surface area contributed by atoms with E-state index >= 15 is 0 Å². The minimum absolute atomic E-state index is 0.0820. The zero-order valence-electron chi connectivity index (χ0n) is 11.7. The Morgan fingerprint density at radius 1 is 1.43 bits per heavy atom. The second kappa shape index (κ2) is 6.66. The summed E-state index contributed by atoms with van der Waals surface area (Å²) in [6.07, 6.45) is 0.905. The summed E-state index contributed by atoms with van der Waals surface area (Å²) in [5, 5.41) is 20.0. The summed E-state index contributed by atoms with van der Waals surface area (Å²) in [5.41, 5.74) is 0.487. The summed E-state index contributed by atoms with van der Waals surface area (Å²) in [5.74, 6) is 1.56. The summed E-state index contributed by atoms with van der Waals surface area (Å²) in [6.45, 7) is 2.78. The molecule has 8 heteroatoms. The maximum atomic E-state index is 11.1. The molecule has 1 heterocycles. The first-order valence-electron chi connectivity index (χ1n) is 6.43. The Balaban J connectivity index is 2.64. The smallest absolute Gasteiger partial charge is 0.311 e. The standard InChI is InChI=1S/C13H15BrN4O3/c1-3-7-17-11(8-14)15-16-13(17)9-5-4-6-10(18(19)20)12(9)21-2/h4-6H,3,7-8H2,1-2H3. The van der Waals surface area contributed by atoms with Gasteiger partial charge in [-0.3, -0.25) is 10.1 Å². The normalized spacial score (nSPS) is 10.6. The van der Waals surface area contributed by atoms with Crippen molar-refractivity contribution >= 4 is 21.6 Å². The van der Waals surface area contributed by atoms with Gasteiger partial charge < -0.3 is 9.30 Å². The maximum Gasteiger partial charge on any atom is 0.311 e. The van der Waals surface area contributed by atoms with E-state index in [-0.39, 0.29) is 11.4 Å². The van der Waals surface area contributed by atoms with Crippen LogP contribution in [0, 0.1) is 10.1 Å². The number of alkyl halides is 1. The summed E-state index contributed by atoms with van der Waals surface area (Å²) in [6, 6.07) is 4.78. The number of rotatable bonds is 6. The van der Waals surface area contributed by atoms with Crippen molar-refractivity contribution in [2.75, 3.05) is 7.11 Å². The zero-order chi connectivity index (χ0) is 15.4. The van der Waals surface area contributed by atoms with E-state index in [0.717, 1.165) is 18.8 Å². The van der Waals surface area contributed by atoms with Gasteiger partial charge in [-0.05, 0) is 12.5 Å². The molecular formula is C13H15BrN4O3. The summed E-state index contributed by atoms with van der Waals surface area (Å²) >= 11 is 3.37. The van der Waals surface area contributed by atoms with Crippen molar-refractivity contribution in [1.29, 1.82) is 0 Å². The molecule has 0 bridgehead atoms. The quantitative estimate of drug-likeness (QED) is 0.452. The van der Waals surface area contributed by atoms with E-state index in [1.807, 2.05) is 11.5 Å². The third-order valence-corrected chi connectivity index (χ3v) is 3.53. The van der Waals surface area contributed by atoms with Gasteiger partial charge in [-0.15, -0.1) is 10.2 Å². The molecule has 2 aromatic rings. The average Bonchev–Trinajstić information content (AvgIpc) is 2.89. The number of nitro benzene ring substituents is 1. The van der Waals surface area contributed by atoms with Crippen LogP contribution in [0.15, 0.2) is 18.2 Å². The highest BCUT2D eigenvalue weighted by Gasteiger charge is 2.23. The van der Waals surface area contributed by atoms with Gasteiger partial charge in [-0.2, -0.15) is 0 Å². The molecule has 0 saturated carbocycles. The molecule has 0 aliphatic rings. The van der Waals surface area contributed by atoms with Gasteiger partial charge in [0.2, 0.25) is 5.75 Å². The summed E-state index contributed by atoms with van der Waals surface area (Å²) < 4.78 is 7.17. The molecule has 0 amide bonds. The van der Waals surface area contributed by atoms with E-state index in [1.165, 1.54) is 13.2 Å². The van der Waals surface area contributed by atoms with Crippen molar-refractivity contribution in [3.8, 4) is 17.1 Å². The third kappa shape index (κ3) is 2.90. The fourth-order valence-corrected chi connectivity index (χ4v) is 2.57. The van der Waals surface area contributed by atoms with Gasteiger partial charge in [0.05, 0.1) is 22.9 Å². The molecule has 0 fully saturated rings. The predicted octanol–water partition coefficient (Wildman–Crippen LogP) is 3.17. The Hall–Kier alpha value is -1.96. The van der Waals surface area contributed by atoms with Crippen molar-refractivity contribution in [1.82, 2.24) is 14.8 Å². The highest BCUT2D eigenvalue weighted by atomic mass is 79.9. The van der Waals surface area contributed by atoms with E-state index in [2.05, 4.69) is 26.1 Å². The molecule has 1 aromatic heterocycles. The maximum absolute atomic E-state index is 11.1. The Labute approximate surface area is 130 Å². The van der Waals surface area contributed by atoms with Crippen LogP contribution in [0.5, 0.6) is 5.75 Å². The van der Waals surface area contributed by atoms with Gasteiger partial charge in [-0.25, -0.2) is 0 Å². The Kier molecular flexibility index (Phi) is 4.89. The van der Waals surface area contributed by atoms with Crippen LogP contribution in [0.25, 0.3) is 11.4 Å². The molecule has 0 radical (unpaired) electrons. The molecular weight excluding hydrogens is 340 g/mol. The highest BCUT2D eigenvalue weighted by molar-refractivity contribution is 9.08. The van der Waals surface area contributed by atoms with Gasteiger partial charge in [0.25, 0.3) is 0 Å². The molecule has 0 aliphatic carbocycles. The zero-order valence-corrected chi connectivity index (χ0v) is 13.3. The lowest BCUT2D eigenvalue weighted by atomic mass is 10.1. The SMILES string of the molecule is CCCn1c(CBr)nnc1-c1cccc([N+](=O)[O-])c1OC. The number of benzene rings is 1. The first-order chi connectivity index (χ1) is 10.1.